The monoisotopic (exact) mass is 271 g/mol. The molecule has 1 aliphatic rings. The maximum absolute atomic E-state index is 13.5. The van der Waals surface area contributed by atoms with Crippen molar-refractivity contribution in [1.82, 2.24) is 4.90 Å². The largest absolute Gasteiger partial charge is 0.342 e. The lowest BCUT2D eigenvalue weighted by molar-refractivity contribution is -0.132. The summed E-state index contributed by atoms with van der Waals surface area (Å²) in [5.41, 5.74) is -0.0953. The molecule has 1 aromatic carbocycles. The van der Waals surface area contributed by atoms with Gasteiger partial charge >= 0.3 is 0 Å². The summed E-state index contributed by atoms with van der Waals surface area (Å²) in [7, 11) is 0. The molecular formula is C14H16F3NO. The van der Waals surface area contributed by atoms with E-state index in [-0.39, 0.29) is 17.9 Å². The fourth-order valence-electron chi connectivity index (χ4n) is 2.39. The number of carbonyl (C=O) groups excluding carboxylic acids is 1. The summed E-state index contributed by atoms with van der Waals surface area (Å²) in [6, 6.07) is 1.97. The van der Waals surface area contributed by atoms with Crippen LogP contribution < -0.4 is 0 Å². The molecule has 104 valence electrons. The van der Waals surface area contributed by atoms with Gasteiger partial charge in [0.25, 0.3) is 0 Å². The lowest BCUT2D eigenvalue weighted by Gasteiger charge is -2.31. The standard InChI is InChI=1S/C14H16F3NO/c1-9-3-2-6-18(8-9)12(19)7-10-4-5-11(15)14(17)13(10)16/h4-5,9H,2-3,6-8H2,1H3. The van der Waals surface area contributed by atoms with E-state index in [1.54, 1.807) is 4.90 Å². The molecule has 1 fully saturated rings. The van der Waals surface area contributed by atoms with Gasteiger partial charge in [-0.1, -0.05) is 13.0 Å². The summed E-state index contributed by atoms with van der Waals surface area (Å²) in [5, 5.41) is 0. The number of halogens is 3. The second-order valence-corrected chi connectivity index (χ2v) is 5.10. The highest BCUT2D eigenvalue weighted by Gasteiger charge is 2.23. The molecule has 1 aromatic rings. The number of piperidine rings is 1. The molecule has 0 radical (unpaired) electrons. The van der Waals surface area contributed by atoms with Gasteiger partial charge in [-0.3, -0.25) is 4.79 Å². The fraction of sp³-hybridized carbons (Fsp3) is 0.500. The molecule has 19 heavy (non-hydrogen) atoms. The molecule has 5 heteroatoms. The minimum Gasteiger partial charge on any atom is -0.342 e. The zero-order chi connectivity index (χ0) is 14.0. The van der Waals surface area contributed by atoms with Gasteiger partial charge in [-0.15, -0.1) is 0 Å². The molecule has 0 spiro atoms. The zero-order valence-corrected chi connectivity index (χ0v) is 10.8. The van der Waals surface area contributed by atoms with Crippen LogP contribution in [0.2, 0.25) is 0 Å². The lowest BCUT2D eigenvalue weighted by atomic mass is 9.99. The first kappa shape index (κ1) is 13.9. The molecule has 1 heterocycles. The van der Waals surface area contributed by atoms with Crippen molar-refractivity contribution in [2.45, 2.75) is 26.2 Å². The predicted octanol–water partition coefficient (Wildman–Crippen LogP) is 2.90. The van der Waals surface area contributed by atoms with Gasteiger partial charge in [0, 0.05) is 18.7 Å². The highest BCUT2D eigenvalue weighted by Crippen LogP contribution is 2.19. The van der Waals surface area contributed by atoms with E-state index in [1.807, 2.05) is 0 Å². The molecular weight excluding hydrogens is 255 g/mol. The number of amides is 1. The van der Waals surface area contributed by atoms with Gasteiger partial charge in [-0.2, -0.15) is 0 Å². The maximum atomic E-state index is 13.5. The molecule has 1 aliphatic heterocycles. The molecule has 0 aromatic heterocycles. The average molecular weight is 271 g/mol. The van der Waals surface area contributed by atoms with Gasteiger partial charge in [-0.25, -0.2) is 13.2 Å². The average Bonchev–Trinajstić information content (AvgIpc) is 2.39. The second kappa shape index (κ2) is 5.63. The van der Waals surface area contributed by atoms with Gasteiger partial charge in [0.2, 0.25) is 5.91 Å². The van der Waals surface area contributed by atoms with Crippen LogP contribution in [0.5, 0.6) is 0 Å². The van der Waals surface area contributed by atoms with E-state index in [0.29, 0.717) is 19.0 Å². The summed E-state index contributed by atoms with van der Waals surface area (Å²) < 4.78 is 39.3. The van der Waals surface area contributed by atoms with E-state index >= 15 is 0 Å². The number of likely N-dealkylation sites (tertiary alicyclic amines) is 1. The minimum absolute atomic E-state index is 0.0953. The number of nitrogens with zero attached hydrogens (tertiary/aromatic N) is 1. The molecule has 1 amide bonds. The van der Waals surface area contributed by atoms with Crippen molar-refractivity contribution in [1.29, 1.82) is 0 Å². The Balaban J connectivity index is 2.08. The third-order valence-corrected chi connectivity index (χ3v) is 3.47. The van der Waals surface area contributed by atoms with Gasteiger partial charge in [0.15, 0.2) is 17.5 Å². The molecule has 2 rings (SSSR count). The van der Waals surface area contributed by atoms with Gasteiger partial charge in [0.1, 0.15) is 0 Å². The van der Waals surface area contributed by atoms with Gasteiger partial charge in [0.05, 0.1) is 6.42 Å². The Morgan fingerprint density at radius 3 is 2.74 bits per heavy atom. The summed E-state index contributed by atoms with van der Waals surface area (Å²) in [5.74, 6) is -3.83. The first-order valence-electron chi connectivity index (χ1n) is 6.39. The first-order chi connectivity index (χ1) is 8.99. The van der Waals surface area contributed by atoms with Crippen molar-refractivity contribution in [2.75, 3.05) is 13.1 Å². The van der Waals surface area contributed by atoms with Gasteiger partial charge < -0.3 is 4.90 Å². The van der Waals surface area contributed by atoms with Crippen molar-refractivity contribution in [3.8, 4) is 0 Å². The maximum Gasteiger partial charge on any atom is 0.227 e. The van der Waals surface area contributed by atoms with Crippen LogP contribution in [0.15, 0.2) is 12.1 Å². The summed E-state index contributed by atoms with van der Waals surface area (Å²) >= 11 is 0. The van der Waals surface area contributed by atoms with E-state index < -0.39 is 17.5 Å². The van der Waals surface area contributed by atoms with E-state index in [2.05, 4.69) is 6.92 Å². The molecule has 0 aliphatic carbocycles. The van der Waals surface area contributed by atoms with Crippen LogP contribution in [0.25, 0.3) is 0 Å². The fourth-order valence-corrected chi connectivity index (χ4v) is 2.39. The first-order valence-corrected chi connectivity index (χ1v) is 6.39. The van der Waals surface area contributed by atoms with E-state index in [4.69, 9.17) is 0 Å². The molecule has 1 atom stereocenters. The van der Waals surface area contributed by atoms with Gasteiger partial charge in [-0.05, 0) is 24.8 Å². The van der Waals surface area contributed by atoms with Crippen molar-refractivity contribution >= 4 is 5.91 Å². The number of benzene rings is 1. The topological polar surface area (TPSA) is 20.3 Å². The van der Waals surface area contributed by atoms with Crippen LogP contribution >= 0.6 is 0 Å². The number of hydrogen-bond donors (Lipinski definition) is 0. The Labute approximate surface area is 110 Å². The van der Waals surface area contributed by atoms with Crippen LogP contribution in [0, 0.1) is 23.4 Å². The van der Waals surface area contributed by atoms with Crippen molar-refractivity contribution < 1.29 is 18.0 Å². The smallest absolute Gasteiger partial charge is 0.227 e. The summed E-state index contributed by atoms with van der Waals surface area (Å²) in [6.07, 6.45) is 1.77. The summed E-state index contributed by atoms with van der Waals surface area (Å²) in [6.45, 7) is 3.34. The normalized spacial score (nSPS) is 19.6. The Kier molecular flexibility index (Phi) is 4.12. The second-order valence-electron chi connectivity index (χ2n) is 5.10. The Bertz CT molecular complexity index is 490. The minimum atomic E-state index is -1.52. The Hall–Kier alpha value is -1.52. The van der Waals surface area contributed by atoms with E-state index in [0.717, 1.165) is 25.0 Å². The molecule has 1 unspecified atom stereocenters. The number of rotatable bonds is 2. The van der Waals surface area contributed by atoms with Crippen molar-refractivity contribution in [3.63, 3.8) is 0 Å². The lowest BCUT2D eigenvalue weighted by Crippen LogP contribution is -2.40. The number of carbonyl (C=O) groups is 1. The molecule has 0 N–H and O–H groups in total. The third kappa shape index (κ3) is 3.08. The van der Waals surface area contributed by atoms with E-state index in [1.165, 1.54) is 0 Å². The van der Waals surface area contributed by atoms with E-state index in [9.17, 15) is 18.0 Å². The van der Waals surface area contributed by atoms with Crippen LogP contribution in [0.3, 0.4) is 0 Å². The zero-order valence-electron chi connectivity index (χ0n) is 10.8. The van der Waals surface area contributed by atoms with Crippen LogP contribution in [-0.4, -0.2) is 23.9 Å². The molecule has 1 saturated heterocycles. The Morgan fingerprint density at radius 1 is 1.32 bits per heavy atom. The quantitative estimate of drug-likeness (QED) is 0.757. The molecule has 0 saturated carbocycles. The highest BCUT2D eigenvalue weighted by molar-refractivity contribution is 5.79. The molecule has 0 bridgehead atoms. The SMILES string of the molecule is CC1CCCN(C(=O)Cc2ccc(F)c(F)c2F)C1. The highest BCUT2D eigenvalue weighted by atomic mass is 19.2. The summed E-state index contributed by atoms with van der Waals surface area (Å²) in [4.78, 5) is 13.7. The van der Waals surface area contributed by atoms with Crippen molar-refractivity contribution in [2.24, 2.45) is 5.92 Å². The number of hydrogen-bond acceptors (Lipinski definition) is 1. The van der Waals surface area contributed by atoms with Crippen LogP contribution in [0.4, 0.5) is 13.2 Å². The molecule has 2 nitrogen and oxygen atoms in total. The third-order valence-electron chi connectivity index (χ3n) is 3.47. The van der Waals surface area contributed by atoms with Crippen LogP contribution in [0.1, 0.15) is 25.3 Å². The van der Waals surface area contributed by atoms with Crippen molar-refractivity contribution in [3.05, 3.63) is 35.1 Å². The Morgan fingerprint density at radius 2 is 2.05 bits per heavy atom. The van der Waals surface area contributed by atoms with Crippen LogP contribution in [-0.2, 0) is 11.2 Å². The predicted molar refractivity (Wildman–Crippen MR) is 65.0 cm³/mol.